The smallest absolute Gasteiger partial charge is 0.743 e. The van der Waals surface area contributed by atoms with Crippen molar-refractivity contribution < 1.29 is 111 Å². The normalized spacial score (nSPS) is 16.8. The molecule has 200 valence electrons. The third-order valence-corrected chi connectivity index (χ3v) is 4.63. The first-order valence-corrected chi connectivity index (χ1v) is 8.59. The molecule has 23 heteroatoms. The van der Waals surface area contributed by atoms with Gasteiger partial charge in [-0.3, -0.25) is 0 Å². The molecule has 0 radical (unpaired) electrons. The third-order valence-electron chi connectivity index (χ3n) is 3.75. The Morgan fingerprint density at radius 1 is 0.588 bits per heavy atom. The van der Waals surface area contributed by atoms with Crippen LogP contribution in [0.25, 0.3) is 0 Å². The molecule has 0 rings (SSSR count). The topological polar surface area (TPSA) is 57.2 Å². The molecular weight excluding hydrogens is 561 g/mol. The second-order valence-corrected chi connectivity index (χ2v) is 7.51. The van der Waals surface area contributed by atoms with E-state index in [0.29, 0.717) is 0 Å². The van der Waals surface area contributed by atoms with Crippen LogP contribution in [0.4, 0.5) is 79.0 Å². The van der Waals surface area contributed by atoms with Gasteiger partial charge in [0, 0.05) is 6.42 Å². The molecule has 0 amide bonds. The van der Waals surface area contributed by atoms with Gasteiger partial charge in [-0.15, -0.1) is 0 Å². The van der Waals surface area contributed by atoms with Crippen LogP contribution in [-0.2, 0) is 10.1 Å². The third kappa shape index (κ3) is 5.19. The predicted octanol–water partition coefficient (Wildman–Crippen LogP) is 2.62. The molecule has 0 aromatic rings. The maximum Gasteiger partial charge on any atom is 1.00 e. The summed E-state index contributed by atoms with van der Waals surface area (Å²) in [6, 6.07) is 0. The minimum atomic E-state index is -8.81. The van der Waals surface area contributed by atoms with Gasteiger partial charge in [0.25, 0.3) is 0 Å². The standard InChI is InChI=1S/C11H6F18O3S.Li/c12-3(1-2-4(13,14)15)5(16,17)6(18,19)7(20,21)8(22,23)9(24,25)10(26,27)11(28,29)33(30,31)32;/h3H,1-2H2,(H,30,31,32);/q;+1/p-1. The molecule has 0 aromatic heterocycles. The van der Waals surface area contributed by atoms with E-state index >= 15 is 0 Å². The Labute approximate surface area is 187 Å². The van der Waals surface area contributed by atoms with Crippen LogP contribution in [0.5, 0.6) is 0 Å². The van der Waals surface area contributed by atoms with E-state index in [2.05, 4.69) is 0 Å². The van der Waals surface area contributed by atoms with Gasteiger partial charge >= 0.3 is 65.8 Å². The van der Waals surface area contributed by atoms with Crippen molar-refractivity contribution in [3.63, 3.8) is 0 Å². The average Bonchev–Trinajstić information content (AvgIpc) is 2.56. The fourth-order valence-electron chi connectivity index (χ4n) is 1.81. The van der Waals surface area contributed by atoms with Crippen LogP contribution in [0.1, 0.15) is 12.8 Å². The van der Waals surface area contributed by atoms with E-state index in [1.807, 2.05) is 0 Å². The minimum Gasteiger partial charge on any atom is -0.743 e. The van der Waals surface area contributed by atoms with E-state index in [1.165, 1.54) is 0 Å². The van der Waals surface area contributed by atoms with Crippen molar-refractivity contribution in [2.45, 2.75) is 66.0 Å². The molecule has 0 aliphatic rings. The zero-order valence-electron chi connectivity index (χ0n) is 15.4. The summed E-state index contributed by atoms with van der Waals surface area (Å²) >= 11 is 0. The molecule has 0 spiro atoms. The molecule has 0 saturated heterocycles. The number of halogens is 18. The van der Waals surface area contributed by atoms with E-state index in [0.717, 1.165) is 0 Å². The second-order valence-electron chi connectivity index (χ2n) is 6.09. The SMILES string of the molecule is O=S(=O)([O-])C(F)(F)C(F)(F)C(F)(F)C(F)(F)C(F)(F)C(F)(F)C(F)(F)C(F)CCC(F)(F)F.[Li+]. The van der Waals surface area contributed by atoms with Gasteiger partial charge in [-0.1, -0.05) is 0 Å². The molecular formula is C11H5F18LiO3S. The average molecular weight is 566 g/mol. The molecule has 0 heterocycles. The van der Waals surface area contributed by atoms with Gasteiger partial charge in [0.2, 0.25) is 0 Å². The Hall–Kier alpha value is -0.753. The fraction of sp³-hybridized carbons (Fsp3) is 1.00. The van der Waals surface area contributed by atoms with Gasteiger partial charge in [-0.05, 0) is 6.42 Å². The molecule has 34 heavy (non-hydrogen) atoms. The Balaban J connectivity index is 0. The molecule has 0 aromatic carbocycles. The number of hydrogen-bond acceptors (Lipinski definition) is 3. The summed E-state index contributed by atoms with van der Waals surface area (Å²) in [5.74, 6) is -50.5. The van der Waals surface area contributed by atoms with Gasteiger partial charge < -0.3 is 4.55 Å². The summed E-state index contributed by atoms with van der Waals surface area (Å²) in [5.41, 5.74) is 0. The summed E-state index contributed by atoms with van der Waals surface area (Å²) in [6.45, 7) is 0. The van der Waals surface area contributed by atoms with Crippen molar-refractivity contribution >= 4 is 10.1 Å². The molecule has 0 bridgehead atoms. The maximum atomic E-state index is 13.4. The first-order valence-electron chi connectivity index (χ1n) is 7.19. The summed E-state index contributed by atoms with van der Waals surface area (Å²) in [4.78, 5) is 0. The molecule has 0 fully saturated rings. The minimum absolute atomic E-state index is 0. The van der Waals surface area contributed by atoms with Crippen LogP contribution in [0.3, 0.4) is 0 Å². The summed E-state index contributed by atoms with van der Waals surface area (Å²) in [7, 11) is -8.14. The van der Waals surface area contributed by atoms with E-state index in [-0.39, 0.29) is 18.9 Å². The molecule has 1 unspecified atom stereocenters. The van der Waals surface area contributed by atoms with Crippen LogP contribution in [0.15, 0.2) is 0 Å². The molecule has 1 atom stereocenters. The Morgan fingerprint density at radius 2 is 0.882 bits per heavy atom. The molecule has 0 saturated carbocycles. The van der Waals surface area contributed by atoms with Crippen molar-refractivity contribution in [2.24, 2.45) is 0 Å². The van der Waals surface area contributed by atoms with Crippen LogP contribution in [0, 0.1) is 0 Å². The van der Waals surface area contributed by atoms with Crippen molar-refractivity contribution in [3.8, 4) is 0 Å². The van der Waals surface area contributed by atoms with Crippen LogP contribution >= 0.6 is 0 Å². The largest absolute Gasteiger partial charge is 1.00 e. The molecule has 0 N–H and O–H groups in total. The van der Waals surface area contributed by atoms with Crippen molar-refractivity contribution in [2.75, 3.05) is 0 Å². The van der Waals surface area contributed by atoms with Gasteiger partial charge in [0.05, 0.1) is 0 Å². The van der Waals surface area contributed by atoms with Crippen molar-refractivity contribution in [1.82, 2.24) is 0 Å². The van der Waals surface area contributed by atoms with E-state index < -0.39 is 76.1 Å². The predicted molar refractivity (Wildman–Crippen MR) is 64.5 cm³/mol. The van der Waals surface area contributed by atoms with Crippen LogP contribution in [0.2, 0.25) is 0 Å². The van der Waals surface area contributed by atoms with Crippen molar-refractivity contribution in [1.29, 1.82) is 0 Å². The summed E-state index contributed by atoms with van der Waals surface area (Å²) in [6.07, 6.45) is -16.5. The Bertz CT molecular complexity index is 819. The number of hydrogen-bond donors (Lipinski definition) is 0. The van der Waals surface area contributed by atoms with Crippen molar-refractivity contribution in [3.05, 3.63) is 0 Å². The quantitative estimate of drug-likeness (QED) is 0.232. The first kappa shape index (κ1) is 35.4. The first-order chi connectivity index (χ1) is 13.9. The molecule has 3 nitrogen and oxygen atoms in total. The summed E-state index contributed by atoms with van der Waals surface area (Å²) < 4.78 is 263. The van der Waals surface area contributed by atoms with Crippen LogP contribution < -0.4 is 18.9 Å². The summed E-state index contributed by atoms with van der Waals surface area (Å²) in [5, 5.41) is -7.93. The van der Waals surface area contributed by atoms with Gasteiger partial charge in [-0.2, -0.15) is 74.6 Å². The Kier molecular flexibility index (Phi) is 9.67. The number of rotatable bonds is 10. The molecule has 0 aliphatic heterocycles. The molecule has 0 aliphatic carbocycles. The monoisotopic (exact) mass is 566 g/mol. The van der Waals surface area contributed by atoms with Gasteiger partial charge in [-0.25, -0.2) is 12.8 Å². The number of alkyl halides is 18. The van der Waals surface area contributed by atoms with E-state index in [9.17, 15) is 92.0 Å². The Morgan fingerprint density at radius 3 is 1.18 bits per heavy atom. The maximum absolute atomic E-state index is 13.4. The van der Waals surface area contributed by atoms with E-state index in [1.54, 1.807) is 0 Å². The van der Waals surface area contributed by atoms with Gasteiger partial charge in [0.15, 0.2) is 16.3 Å². The van der Waals surface area contributed by atoms with Crippen LogP contribution in [-0.4, -0.2) is 66.1 Å². The second kappa shape index (κ2) is 9.28. The zero-order chi connectivity index (χ0) is 27.5. The zero-order valence-corrected chi connectivity index (χ0v) is 16.2. The fourth-order valence-corrected chi connectivity index (χ4v) is 2.25. The van der Waals surface area contributed by atoms with E-state index in [4.69, 9.17) is 0 Å². The van der Waals surface area contributed by atoms with Gasteiger partial charge in [0.1, 0.15) is 0 Å².